The first-order valence-electron chi connectivity index (χ1n) is 5.90. The summed E-state index contributed by atoms with van der Waals surface area (Å²) in [6.07, 6.45) is 1.51. The third kappa shape index (κ3) is 3.83. The minimum absolute atomic E-state index is 0.217. The average Bonchev–Trinajstić information content (AvgIpc) is 2.81. The van der Waals surface area contributed by atoms with Gasteiger partial charge in [-0.1, -0.05) is 3.89 Å². The van der Waals surface area contributed by atoms with Gasteiger partial charge < -0.3 is 14.1 Å². The highest BCUT2D eigenvalue weighted by atomic mass is 32.3. The third-order valence-electron chi connectivity index (χ3n) is 2.67. The lowest BCUT2D eigenvalue weighted by Crippen LogP contribution is -2.15. The monoisotopic (exact) mass is 323 g/mol. The summed E-state index contributed by atoms with van der Waals surface area (Å²) >= 11 is 0. The van der Waals surface area contributed by atoms with E-state index >= 15 is 0 Å². The number of aromatic nitrogens is 1. The van der Waals surface area contributed by atoms with Gasteiger partial charge >= 0.3 is 10.5 Å². The topological polar surface area (TPSA) is 101 Å². The Morgan fingerprint density at radius 3 is 2.50 bits per heavy atom. The first kappa shape index (κ1) is 15.5. The SMILES string of the molecule is Cn1cc(C#N)cc1C(=O)Nc1ccc(OS(=O)(=O)F)cc1. The summed E-state index contributed by atoms with van der Waals surface area (Å²) in [4.78, 5) is 12.0. The lowest BCUT2D eigenvalue weighted by molar-refractivity contribution is 0.101. The smallest absolute Gasteiger partial charge is 0.358 e. The van der Waals surface area contributed by atoms with E-state index in [1.165, 1.54) is 41.1 Å². The number of nitriles is 1. The van der Waals surface area contributed by atoms with Gasteiger partial charge in [-0.2, -0.15) is 13.7 Å². The van der Waals surface area contributed by atoms with E-state index < -0.39 is 16.4 Å². The van der Waals surface area contributed by atoms with Gasteiger partial charge in [-0.3, -0.25) is 4.79 Å². The molecule has 22 heavy (non-hydrogen) atoms. The van der Waals surface area contributed by atoms with Crippen molar-refractivity contribution < 1.29 is 21.3 Å². The molecule has 1 amide bonds. The van der Waals surface area contributed by atoms with Gasteiger partial charge in [0.1, 0.15) is 17.5 Å². The molecular formula is C13H10FN3O4S. The lowest BCUT2D eigenvalue weighted by atomic mass is 10.3. The molecule has 1 heterocycles. The largest absolute Gasteiger partial charge is 0.488 e. The Balaban J connectivity index is 2.12. The molecule has 0 aliphatic rings. The number of anilines is 1. The molecule has 0 unspecified atom stereocenters. The molecule has 2 aromatic rings. The predicted molar refractivity (Wildman–Crippen MR) is 75.2 cm³/mol. The summed E-state index contributed by atoms with van der Waals surface area (Å²) in [5.41, 5.74) is 0.987. The van der Waals surface area contributed by atoms with Gasteiger partial charge in [0, 0.05) is 18.9 Å². The Morgan fingerprint density at radius 2 is 2.00 bits per heavy atom. The number of rotatable bonds is 4. The minimum Gasteiger partial charge on any atom is -0.358 e. The van der Waals surface area contributed by atoms with Crippen LogP contribution in [0.2, 0.25) is 0 Å². The summed E-state index contributed by atoms with van der Waals surface area (Å²) < 4.78 is 38.5. The fourth-order valence-corrected chi connectivity index (χ4v) is 2.10. The molecule has 0 aliphatic heterocycles. The summed E-state index contributed by atoms with van der Waals surface area (Å²) in [6.45, 7) is 0. The lowest BCUT2D eigenvalue weighted by Gasteiger charge is -2.06. The van der Waals surface area contributed by atoms with Crippen LogP contribution in [0.5, 0.6) is 5.75 Å². The average molecular weight is 323 g/mol. The first-order chi connectivity index (χ1) is 10.3. The second kappa shape index (κ2) is 5.87. The Hall–Kier alpha value is -2.86. The van der Waals surface area contributed by atoms with Gasteiger partial charge in [0.15, 0.2) is 0 Å². The molecule has 0 spiro atoms. The molecule has 0 bridgehead atoms. The van der Waals surface area contributed by atoms with Crippen molar-refractivity contribution in [3.05, 3.63) is 47.8 Å². The van der Waals surface area contributed by atoms with E-state index in [4.69, 9.17) is 5.26 Å². The van der Waals surface area contributed by atoms with Crippen molar-refractivity contribution in [2.24, 2.45) is 7.05 Å². The number of nitrogens with one attached hydrogen (secondary N) is 1. The zero-order valence-electron chi connectivity index (χ0n) is 11.3. The molecule has 114 valence electrons. The number of amides is 1. The molecule has 0 saturated heterocycles. The number of aryl methyl sites for hydroxylation is 1. The van der Waals surface area contributed by atoms with Crippen LogP contribution in [0.25, 0.3) is 0 Å². The molecule has 0 saturated carbocycles. The van der Waals surface area contributed by atoms with Crippen LogP contribution in [-0.4, -0.2) is 18.9 Å². The number of hydrogen-bond donors (Lipinski definition) is 1. The Labute approximate surface area is 126 Å². The van der Waals surface area contributed by atoms with Crippen LogP contribution in [0.1, 0.15) is 16.1 Å². The van der Waals surface area contributed by atoms with E-state index in [2.05, 4.69) is 9.50 Å². The molecule has 0 atom stereocenters. The van der Waals surface area contributed by atoms with E-state index in [0.29, 0.717) is 11.3 Å². The van der Waals surface area contributed by atoms with E-state index in [-0.39, 0.29) is 11.4 Å². The summed E-state index contributed by atoms with van der Waals surface area (Å²) in [5, 5.41) is 11.3. The standard InChI is InChI=1S/C13H10FN3O4S/c1-17-8-9(7-15)6-12(17)13(18)16-10-2-4-11(5-3-10)21-22(14,19)20/h2-6,8H,1H3,(H,16,18). The van der Waals surface area contributed by atoms with Crippen LogP contribution in [0.4, 0.5) is 9.57 Å². The van der Waals surface area contributed by atoms with E-state index in [1.807, 2.05) is 6.07 Å². The van der Waals surface area contributed by atoms with Crippen molar-refractivity contribution in [2.45, 2.75) is 0 Å². The van der Waals surface area contributed by atoms with Gasteiger partial charge in [0.05, 0.1) is 5.56 Å². The van der Waals surface area contributed by atoms with Crippen LogP contribution < -0.4 is 9.50 Å². The highest BCUT2D eigenvalue weighted by Gasteiger charge is 2.13. The van der Waals surface area contributed by atoms with Crippen LogP contribution in [-0.2, 0) is 17.6 Å². The summed E-state index contributed by atoms with van der Waals surface area (Å²) in [5.74, 6) is -0.665. The van der Waals surface area contributed by atoms with Crippen LogP contribution in [0, 0.1) is 11.3 Å². The maximum atomic E-state index is 12.3. The summed E-state index contributed by atoms with van der Waals surface area (Å²) in [6, 6.07) is 8.45. The fourth-order valence-electron chi connectivity index (χ4n) is 1.76. The molecule has 7 nitrogen and oxygen atoms in total. The fraction of sp³-hybridized carbons (Fsp3) is 0.0769. The number of halogens is 1. The Morgan fingerprint density at radius 1 is 1.36 bits per heavy atom. The zero-order chi connectivity index (χ0) is 16.3. The molecule has 9 heteroatoms. The van der Waals surface area contributed by atoms with Gasteiger partial charge in [-0.25, -0.2) is 0 Å². The van der Waals surface area contributed by atoms with E-state index in [1.54, 1.807) is 7.05 Å². The maximum absolute atomic E-state index is 12.3. The highest BCUT2D eigenvalue weighted by Crippen LogP contribution is 2.18. The number of hydrogen-bond acceptors (Lipinski definition) is 5. The Bertz CT molecular complexity index is 850. The molecule has 0 radical (unpaired) electrons. The number of benzene rings is 1. The van der Waals surface area contributed by atoms with E-state index in [0.717, 1.165) is 0 Å². The van der Waals surface area contributed by atoms with Crippen molar-refractivity contribution in [2.75, 3.05) is 5.32 Å². The second-order valence-corrected chi connectivity index (χ2v) is 5.24. The van der Waals surface area contributed by atoms with E-state index in [9.17, 15) is 17.1 Å². The minimum atomic E-state index is -5.08. The molecule has 0 fully saturated rings. The van der Waals surface area contributed by atoms with Crippen molar-refractivity contribution in [1.82, 2.24) is 4.57 Å². The number of nitrogens with zero attached hydrogens (tertiary/aromatic N) is 2. The molecule has 1 N–H and O–H groups in total. The number of carbonyl (C=O) groups excluding carboxylic acids is 1. The van der Waals surface area contributed by atoms with Gasteiger partial charge in [-0.05, 0) is 30.3 Å². The number of carbonyl (C=O) groups is 1. The van der Waals surface area contributed by atoms with Gasteiger partial charge in [0.25, 0.3) is 5.91 Å². The van der Waals surface area contributed by atoms with Crippen LogP contribution >= 0.6 is 0 Å². The molecule has 1 aromatic carbocycles. The van der Waals surface area contributed by atoms with Crippen LogP contribution in [0.15, 0.2) is 36.5 Å². The van der Waals surface area contributed by atoms with Crippen molar-refractivity contribution in [3.63, 3.8) is 0 Å². The predicted octanol–water partition coefficient (Wildman–Crippen LogP) is 1.74. The quantitative estimate of drug-likeness (QED) is 0.864. The summed E-state index contributed by atoms with van der Waals surface area (Å²) in [7, 11) is -3.46. The van der Waals surface area contributed by atoms with Crippen molar-refractivity contribution >= 4 is 22.1 Å². The molecular weight excluding hydrogens is 313 g/mol. The Kier molecular flexibility index (Phi) is 4.14. The molecule has 2 rings (SSSR count). The normalized spacial score (nSPS) is 10.8. The molecule has 1 aromatic heterocycles. The molecule has 0 aliphatic carbocycles. The maximum Gasteiger partial charge on any atom is 0.488 e. The highest BCUT2D eigenvalue weighted by molar-refractivity contribution is 7.81. The van der Waals surface area contributed by atoms with Gasteiger partial charge in [0.2, 0.25) is 0 Å². The first-order valence-corrected chi connectivity index (χ1v) is 7.21. The van der Waals surface area contributed by atoms with Crippen molar-refractivity contribution in [3.8, 4) is 11.8 Å². The second-order valence-electron chi connectivity index (χ2n) is 4.29. The van der Waals surface area contributed by atoms with Crippen LogP contribution in [0.3, 0.4) is 0 Å². The van der Waals surface area contributed by atoms with Gasteiger partial charge in [-0.15, -0.1) is 0 Å². The third-order valence-corrected chi connectivity index (χ3v) is 3.07. The zero-order valence-corrected chi connectivity index (χ0v) is 12.1. The van der Waals surface area contributed by atoms with Crippen molar-refractivity contribution in [1.29, 1.82) is 5.26 Å².